The molecular weight excluding hydrogens is 407 g/mol. The number of benzene rings is 2. The fourth-order valence-electron chi connectivity index (χ4n) is 3.49. The van der Waals surface area contributed by atoms with Crippen LogP contribution in [0.5, 0.6) is 0 Å². The van der Waals surface area contributed by atoms with E-state index in [0.29, 0.717) is 34.4 Å². The van der Waals surface area contributed by atoms with E-state index in [2.05, 4.69) is 29.1 Å². The summed E-state index contributed by atoms with van der Waals surface area (Å²) in [6, 6.07) is 16.9. The minimum Gasteiger partial charge on any atom is -0.325 e. The number of hydrogen-bond acceptors (Lipinski definition) is 4. The zero-order valence-electron chi connectivity index (χ0n) is 17.9. The molecule has 0 spiro atoms. The van der Waals surface area contributed by atoms with Gasteiger partial charge in [-0.1, -0.05) is 38.1 Å². The summed E-state index contributed by atoms with van der Waals surface area (Å²) in [7, 11) is 0. The Morgan fingerprint density at radius 2 is 1.81 bits per heavy atom. The third-order valence-corrected chi connectivity index (χ3v) is 5.24. The molecule has 0 saturated heterocycles. The number of anilines is 2. The molecule has 0 aliphatic carbocycles. The van der Waals surface area contributed by atoms with Crippen LogP contribution in [-0.2, 0) is 9.59 Å². The molecule has 0 radical (unpaired) electrons. The van der Waals surface area contributed by atoms with Gasteiger partial charge in [0.25, 0.3) is 0 Å². The second-order valence-electron chi connectivity index (χ2n) is 7.89. The average Bonchev–Trinajstić information content (AvgIpc) is 2.91. The molecule has 0 unspecified atom stereocenters. The summed E-state index contributed by atoms with van der Waals surface area (Å²) in [4.78, 5) is 36.1. The molecule has 0 saturated carbocycles. The number of nitrogens with one attached hydrogen (secondary N) is 1. The van der Waals surface area contributed by atoms with Crippen molar-refractivity contribution in [3.8, 4) is 0 Å². The van der Waals surface area contributed by atoms with Crippen molar-refractivity contribution < 1.29 is 14.0 Å². The van der Waals surface area contributed by atoms with Gasteiger partial charge in [-0.25, -0.2) is 14.4 Å². The van der Waals surface area contributed by atoms with Gasteiger partial charge >= 0.3 is 0 Å². The number of aliphatic imine (C=N–C) groups is 1. The molecule has 1 aromatic heterocycles. The van der Waals surface area contributed by atoms with Crippen LogP contribution < -0.4 is 10.2 Å². The Kier molecular flexibility index (Phi) is 6.07. The van der Waals surface area contributed by atoms with Crippen molar-refractivity contribution in [1.82, 2.24) is 4.98 Å². The van der Waals surface area contributed by atoms with Crippen molar-refractivity contribution in [2.24, 2.45) is 4.99 Å². The molecule has 2 heterocycles. The lowest BCUT2D eigenvalue weighted by Crippen LogP contribution is -2.39. The van der Waals surface area contributed by atoms with Crippen molar-refractivity contribution in [3.63, 3.8) is 0 Å². The van der Waals surface area contributed by atoms with Crippen LogP contribution in [0.3, 0.4) is 0 Å². The van der Waals surface area contributed by atoms with Gasteiger partial charge in [0.15, 0.2) is 5.82 Å². The van der Waals surface area contributed by atoms with Gasteiger partial charge in [0.2, 0.25) is 11.8 Å². The molecule has 0 atom stereocenters. The van der Waals surface area contributed by atoms with Crippen molar-refractivity contribution in [2.45, 2.75) is 26.2 Å². The number of carbonyl (C=O) groups is 2. The zero-order chi connectivity index (χ0) is 22.7. The molecule has 6 nitrogen and oxygen atoms in total. The van der Waals surface area contributed by atoms with Crippen molar-refractivity contribution >= 4 is 34.7 Å². The number of hydrogen-bond donors (Lipinski definition) is 1. The van der Waals surface area contributed by atoms with Gasteiger partial charge in [-0.15, -0.1) is 0 Å². The minimum absolute atomic E-state index is 0.0294. The highest BCUT2D eigenvalue weighted by atomic mass is 19.1. The Labute approximate surface area is 185 Å². The van der Waals surface area contributed by atoms with Crippen LogP contribution in [0.25, 0.3) is 0 Å². The van der Waals surface area contributed by atoms with E-state index in [9.17, 15) is 14.0 Å². The molecule has 7 heteroatoms. The fraction of sp³-hybridized carbons (Fsp3) is 0.200. The maximum atomic E-state index is 13.3. The highest BCUT2D eigenvalue weighted by Crippen LogP contribution is 2.31. The van der Waals surface area contributed by atoms with Crippen LogP contribution in [0, 0.1) is 5.82 Å². The molecule has 1 aliphatic rings. The summed E-state index contributed by atoms with van der Waals surface area (Å²) < 4.78 is 13.3. The first-order valence-corrected chi connectivity index (χ1v) is 10.4. The predicted molar refractivity (Wildman–Crippen MR) is 123 cm³/mol. The normalized spacial score (nSPS) is 13.4. The number of halogens is 1. The topological polar surface area (TPSA) is 74.7 Å². The van der Waals surface area contributed by atoms with E-state index in [-0.39, 0.29) is 30.6 Å². The first kappa shape index (κ1) is 21.4. The van der Waals surface area contributed by atoms with Crippen molar-refractivity contribution in [3.05, 3.63) is 83.8 Å². The molecule has 4 rings (SSSR count). The van der Waals surface area contributed by atoms with E-state index in [1.54, 1.807) is 30.5 Å². The Morgan fingerprint density at radius 3 is 2.50 bits per heavy atom. The minimum atomic E-state index is -0.365. The molecule has 2 amide bonds. The zero-order valence-corrected chi connectivity index (χ0v) is 17.9. The number of rotatable bonds is 5. The van der Waals surface area contributed by atoms with E-state index in [4.69, 9.17) is 0 Å². The molecule has 3 aromatic rings. The predicted octanol–water partition coefficient (Wildman–Crippen LogP) is 4.84. The number of fused-ring (bicyclic) bond motifs is 1. The smallest absolute Gasteiger partial charge is 0.244 e. The molecular formula is C25H23FN4O2. The second-order valence-corrected chi connectivity index (χ2v) is 7.89. The summed E-state index contributed by atoms with van der Waals surface area (Å²) >= 11 is 0. The van der Waals surface area contributed by atoms with Crippen LogP contribution in [0.1, 0.15) is 37.3 Å². The van der Waals surface area contributed by atoms with Crippen LogP contribution in [0.15, 0.2) is 71.9 Å². The highest BCUT2D eigenvalue weighted by molar-refractivity contribution is 6.18. The van der Waals surface area contributed by atoms with Gasteiger partial charge in [0, 0.05) is 11.9 Å². The number of amides is 2. The lowest BCUT2D eigenvalue weighted by atomic mass is 10.0. The summed E-state index contributed by atoms with van der Waals surface area (Å²) in [5.74, 6) is -0.295. The third kappa shape index (κ3) is 4.72. The van der Waals surface area contributed by atoms with E-state index in [1.807, 2.05) is 24.3 Å². The Balaban J connectivity index is 1.55. The van der Waals surface area contributed by atoms with Gasteiger partial charge in [0.1, 0.15) is 18.0 Å². The van der Waals surface area contributed by atoms with Crippen LogP contribution in [-0.4, -0.2) is 29.1 Å². The summed E-state index contributed by atoms with van der Waals surface area (Å²) in [6.07, 6.45) is 1.53. The lowest BCUT2D eigenvalue weighted by molar-refractivity contribution is -0.120. The maximum absolute atomic E-state index is 13.3. The number of aromatic nitrogens is 1. The average molecular weight is 430 g/mol. The molecule has 1 N–H and O–H groups in total. The standard InChI is InChI=1S/C25H23FN4O2/c1-16(2)17-7-11-20(12-8-17)28-23(31)15-30-24(32)14-22(18-5-9-19(26)10-6-18)29-21-4-3-13-27-25(21)30/h3-13,16H,14-15H2,1-2H3,(H,28,31). The Bertz CT molecular complexity index is 1170. The molecule has 162 valence electrons. The van der Waals surface area contributed by atoms with Gasteiger partial charge in [-0.05, 0) is 53.4 Å². The Morgan fingerprint density at radius 1 is 1.09 bits per heavy atom. The van der Waals surface area contributed by atoms with E-state index < -0.39 is 0 Å². The fourth-order valence-corrected chi connectivity index (χ4v) is 3.49. The van der Waals surface area contributed by atoms with Gasteiger partial charge in [-0.3, -0.25) is 14.5 Å². The van der Waals surface area contributed by atoms with Crippen LogP contribution in [0.2, 0.25) is 0 Å². The lowest BCUT2D eigenvalue weighted by Gasteiger charge is -2.20. The largest absolute Gasteiger partial charge is 0.325 e. The first-order valence-electron chi connectivity index (χ1n) is 10.4. The second kappa shape index (κ2) is 9.09. The molecule has 0 bridgehead atoms. The molecule has 2 aromatic carbocycles. The van der Waals surface area contributed by atoms with E-state index in [1.165, 1.54) is 22.6 Å². The van der Waals surface area contributed by atoms with E-state index >= 15 is 0 Å². The summed E-state index contributed by atoms with van der Waals surface area (Å²) in [5, 5.41) is 2.84. The third-order valence-electron chi connectivity index (χ3n) is 5.24. The molecule has 1 aliphatic heterocycles. The summed E-state index contributed by atoms with van der Waals surface area (Å²) in [6.45, 7) is 4.01. The van der Waals surface area contributed by atoms with Crippen LogP contribution in [0.4, 0.5) is 21.6 Å². The molecule has 0 fully saturated rings. The number of carbonyl (C=O) groups excluding carboxylic acids is 2. The quantitative estimate of drug-likeness (QED) is 0.629. The van der Waals surface area contributed by atoms with E-state index in [0.717, 1.165) is 0 Å². The van der Waals surface area contributed by atoms with Gasteiger partial charge in [-0.2, -0.15) is 0 Å². The monoisotopic (exact) mass is 430 g/mol. The highest BCUT2D eigenvalue weighted by Gasteiger charge is 2.27. The number of nitrogens with zero attached hydrogens (tertiary/aromatic N) is 3. The molecule has 32 heavy (non-hydrogen) atoms. The van der Waals surface area contributed by atoms with Crippen molar-refractivity contribution in [1.29, 1.82) is 0 Å². The van der Waals surface area contributed by atoms with Gasteiger partial charge < -0.3 is 5.32 Å². The SMILES string of the molecule is CC(C)c1ccc(NC(=O)CN2C(=O)CC(c3ccc(F)cc3)=Nc3cccnc32)cc1. The summed E-state index contributed by atoms with van der Waals surface area (Å²) in [5.41, 5.74) is 3.45. The first-order chi connectivity index (χ1) is 15.4. The van der Waals surface area contributed by atoms with Gasteiger partial charge in [0.05, 0.1) is 12.1 Å². The maximum Gasteiger partial charge on any atom is 0.244 e. The van der Waals surface area contributed by atoms with Crippen LogP contribution >= 0.6 is 0 Å². The Hall–Kier alpha value is -3.87. The van der Waals surface area contributed by atoms with Crippen molar-refractivity contribution in [2.75, 3.05) is 16.8 Å². The number of pyridine rings is 1.